The van der Waals surface area contributed by atoms with Gasteiger partial charge in [0.05, 0.1) is 6.20 Å². The van der Waals surface area contributed by atoms with Crippen LogP contribution in [0.25, 0.3) is 0 Å². The molecule has 0 aromatic carbocycles. The topological polar surface area (TPSA) is 84.8 Å². The highest BCUT2D eigenvalue weighted by atomic mass is 16.3. The van der Waals surface area contributed by atoms with Gasteiger partial charge in [-0.15, -0.1) is 10.2 Å². The SMILES string of the molecule is CCn1c(O)c(N=Nc2cccnc2)c(=O)n1CC. The van der Waals surface area contributed by atoms with E-state index in [1.807, 2.05) is 13.8 Å². The second kappa shape index (κ2) is 5.47. The third-order valence-electron chi connectivity index (χ3n) is 2.70. The zero-order valence-electron chi connectivity index (χ0n) is 10.8. The Balaban J connectivity index is 2.44. The Morgan fingerprint density at radius 1 is 1.26 bits per heavy atom. The maximum absolute atomic E-state index is 12.0. The molecule has 0 saturated heterocycles. The van der Waals surface area contributed by atoms with Crippen molar-refractivity contribution in [1.29, 1.82) is 0 Å². The average Bonchev–Trinajstić information content (AvgIpc) is 2.68. The third-order valence-corrected chi connectivity index (χ3v) is 2.70. The molecule has 1 N–H and O–H groups in total. The molecule has 0 unspecified atom stereocenters. The minimum Gasteiger partial charge on any atom is -0.492 e. The highest BCUT2D eigenvalue weighted by molar-refractivity contribution is 5.45. The first-order valence-corrected chi connectivity index (χ1v) is 6.03. The lowest BCUT2D eigenvalue weighted by atomic mass is 10.4. The minimum atomic E-state index is -0.352. The van der Waals surface area contributed by atoms with Crippen LogP contribution in [0.3, 0.4) is 0 Å². The van der Waals surface area contributed by atoms with Gasteiger partial charge in [-0.2, -0.15) is 0 Å². The highest BCUT2D eigenvalue weighted by Crippen LogP contribution is 2.24. The molecule has 0 atom stereocenters. The zero-order chi connectivity index (χ0) is 13.8. The molecule has 0 bridgehead atoms. The molecule has 0 amide bonds. The van der Waals surface area contributed by atoms with E-state index < -0.39 is 0 Å². The van der Waals surface area contributed by atoms with Gasteiger partial charge in [0.25, 0.3) is 5.56 Å². The first-order valence-electron chi connectivity index (χ1n) is 6.03. The fourth-order valence-electron chi connectivity index (χ4n) is 1.81. The quantitative estimate of drug-likeness (QED) is 0.856. The predicted octanol–water partition coefficient (Wildman–Crippen LogP) is 2.21. The Morgan fingerprint density at radius 3 is 2.53 bits per heavy atom. The summed E-state index contributed by atoms with van der Waals surface area (Å²) < 4.78 is 2.90. The standard InChI is InChI=1S/C12H15N5O2/c1-3-16-11(18)10(12(19)17(16)4-2)15-14-9-6-5-7-13-8-9/h5-8,18H,3-4H2,1-2H3. The normalized spacial score (nSPS) is 11.3. The lowest BCUT2D eigenvalue weighted by molar-refractivity contribution is 0.366. The van der Waals surface area contributed by atoms with Crippen molar-refractivity contribution in [3.8, 4) is 5.88 Å². The number of aromatic hydroxyl groups is 1. The molecule has 19 heavy (non-hydrogen) atoms. The van der Waals surface area contributed by atoms with Gasteiger partial charge in [-0.3, -0.25) is 9.78 Å². The largest absolute Gasteiger partial charge is 0.492 e. The van der Waals surface area contributed by atoms with Crippen molar-refractivity contribution in [2.45, 2.75) is 26.9 Å². The molecule has 0 fully saturated rings. The van der Waals surface area contributed by atoms with Crippen molar-refractivity contribution >= 4 is 11.4 Å². The van der Waals surface area contributed by atoms with Crippen LogP contribution in [0.2, 0.25) is 0 Å². The molecule has 0 aliphatic carbocycles. The second-order valence-corrected chi connectivity index (χ2v) is 3.82. The van der Waals surface area contributed by atoms with E-state index in [1.54, 1.807) is 18.3 Å². The molecule has 0 radical (unpaired) electrons. The molecule has 0 aliphatic heterocycles. The van der Waals surface area contributed by atoms with Crippen LogP contribution in [0.15, 0.2) is 39.5 Å². The van der Waals surface area contributed by atoms with Crippen LogP contribution in [-0.4, -0.2) is 19.5 Å². The predicted molar refractivity (Wildman–Crippen MR) is 70.1 cm³/mol. The molecule has 7 nitrogen and oxygen atoms in total. The van der Waals surface area contributed by atoms with Crippen LogP contribution in [0.4, 0.5) is 11.4 Å². The number of hydrogen-bond acceptors (Lipinski definition) is 5. The van der Waals surface area contributed by atoms with Crippen molar-refractivity contribution in [3.05, 3.63) is 34.9 Å². The summed E-state index contributed by atoms with van der Waals surface area (Å²) in [6.07, 6.45) is 3.14. The molecule has 2 aromatic heterocycles. The highest BCUT2D eigenvalue weighted by Gasteiger charge is 2.17. The Morgan fingerprint density at radius 2 is 2.00 bits per heavy atom. The van der Waals surface area contributed by atoms with Gasteiger partial charge in [-0.1, -0.05) is 0 Å². The first-order chi connectivity index (χ1) is 9.19. The van der Waals surface area contributed by atoms with Gasteiger partial charge in [-0.05, 0) is 26.0 Å². The summed E-state index contributed by atoms with van der Waals surface area (Å²) in [5.41, 5.74) is 0.121. The molecular formula is C12H15N5O2. The van der Waals surface area contributed by atoms with Crippen molar-refractivity contribution in [3.63, 3.8) is 0 Å². The van der Waals surface area contributed by atoms with Gasteiger partial charge < -0.3 is 5.11 Å². The van der Waals surface area contributed by atoms with Crippen LogP contribution in [0.5, 0.6) is 5.88 Å². The van der Waals surface area contributed by atoms with Gasteiger partial charge in [-0.25, -0.2) is 9.36 Å². The van der Waals surface area contributed by atoms with Gasteiger partial charge >= 0.3 is 0 Å². The van der Waals surface area contributed by atoms with Crippen molar-refractivity contribution in [2.75, 3.05) is 0 Å². The Bertz CT molecular complexity index is 642. The zero-order valence-corrected chi connectivity index (χ0v) is 10.8. The molecule has 0 saturated carbocycles. The first kappa shape index (κ1) is 13.0. The van der Waals surface area contributed by atoms with E-state index in [1.165, 1.54) is 15.6 Å². The number of aromatic nitrogens is 3. The van der Waals surface area contributed by atoms with Crippen LogP contribution >= 0.6 is 0 Å². The minimum absolute atomic E-state index is 0.0486. The number of hydrogen-bond donors (Lipinski definition) is 1. The summed E-state index contributed by atoms with van der Waals surface area (Å²) in [5, 5.41) is 17.7. The van der Waals surface area contributed by atoms with Crippen LogP contribution in [-0.2, 0) is 13.1 Å². The van der Waals surface area contributed by atoms with Gasteiger partial charge in [0.15, 0.2) is 0 Å². The number of nitrogens with zero attached hydrogens (tertiary/aromatic N) is 5. The van der Waals surface area contributed by atoms with E-state index in [4.69, 9.17) is 0 Å². The lowest BCUT2D eigenvalue weighted by Gasteiger charge is -2.06. The fraction of sp³-hybridized carbons (Fsp3) is 0.333. The van der Waals surface area contributed by atoms with Crippen LogP contribution < -0.4 is 5.56 Å². The molecule has 100 valence electrons. The maximum atomic E-state index is 12.0. The smallest absolute Gasteiger partial charge is 0.298 e. The molecule has 7 heteroatoms. The van der Waals surface area contributed by atoms with E-state index in [-0.39, 0.29) is 17.1 Å². The van der Waals surface area contributed by atoms with Crippen molar-refractivity contribution < 1.29 is 5.11 Å². The molecule has 2 rings (SSSR count). The molecule has 0 aliphatic rings. The lowest BCUT2D eigenvalue weighted by Crippen LogP contribution is -2.21. The summed E-state index contributed by atoms with van der Waals surface area (Å²) in [7, 11) is 0. The monoisotopic (exact) mass is 261 g/mol. The summed E-state index contributed by atoms with van der Waals surface area (Å²) in [4.78, 5) is 15.9. The number of rotatable bonds is 4. The summed E-state index contributed by atoms with van der Waals surface area (Å²) in [6.45, 7) is 4.61. The van der Waals surface area contributed by atoms with E-state index in [0.717, 1.165) is 0 Å². The van der Waals surface area contributed by atoms with Crippen LogP contribution in [0, 0.1) is 0 Å². The Labute approximate surface area is 109 Å². The molecule has 2 aromatic rings. The third kappa shape index (κ3) is 2.40. The molecule has 0 spiro atoms. The second-order valence-electron chi connectivity index (χ2n) is 3.82. The number of azo groups is 1. The van der Waals surface area contributed by atoms with Crippen molar-refractivity contribution in [1.82, 2.24) is 14.3 Å². The fourth-order valence-corrected chi connectivity index (χ4v) is 1.81. The average molecular weight is 261 g/mol. The number of pyridine rings is 1. The Kier molecular flexibility index (Phi) is 3.74. The van der Waals surface area contributed by atoms with Crippen LogP contribution in [0.1, 0.15) is 13.8 Å². The van der Waals surface area contributed by atoms with E-state index >= 15 is 0 Å². The molecule has 2 heterocycles. The van der Waals surface area contributed by atoms with Gasteiger partial charge in [0, 0.05) is 19.3 Å². The Hall–Kier alpha value is -2.44. The van der Waals surface area contributed by atoms with E-state index in [9.17, 15) is 9.90 Å². The summed E-state index contributed by atoms with van der Waals surface area (Å²) in [5.74, 6) is -0.165. The van der Waals surface area contributed by atoms with Gasteiger partial charge in [0.1, 0.15) is 5.69 Å². The summed E-state index contributed by atoms with van der Waals surface area (Å²) in [6, 6.07) is 3.43. The maximum Gasteiger partial charge on any atom is 0.298 e. The van der Waals surface area contributed by atoms with Gasteiger partial charge in [0.2, 0.25) is 11.6 Å². The van der Waals surface area contributed by atoms with E-state index in [2.05, 4.69) is 15.2 Å². The van der Waals surface area contributed by atoms with E-state index in [0.29, 0.717) is 18.8 Å². The van der Waals surface area contributed by atoms with Crippen molar-refractivity contribution in [2.24, 2.45) is 10.2 Å². The summed E-state index contributed by atoms with van der Waals surface area (Å²) >= 11 is 0. The molecular weight excluding hydrogens is 246 g/mol.